The van der Waals surface area contributed by atoms with E-state index in [1.807, 2.05) is 0 Å². The fraction of sp³-hybridized carbons (Fsp3) is 0.222. The lowest BCUT2D eigenvalue weighted by molar-refractivity contribution is -0.141. The quantitative estimate of drug-likeness (QED) is 0.736. The summed E-state index contributed by atoms with van der Waals surface area (Å²) in [5.41, 5.74) is -2.69. The van der Waals surface area contributed by atoms with Crippen LogP contribution in [0.3, 0.4) is 0 Å². The van der Waals surface area contributed by atoms with Crippen LogP contribution in [0.4, 0.5) is 17.6 Å². The summed E-state index contributed by atoms with van der Waals surface area (Å²) in [6.45, 7) is -1.03. The van der Waals surface area contributed by atoms with Crippen molar-refractivity contribution in [2.75, 3.05) is 0 Å². The van der Waals surface area contributed by atoms with E-state index in [0.29, 0.717) is 6.07 Å². The second-order valence-corrected chi connectivity index (χ2v) is 2.72. The molecule has 15 heavy (non-hydrogen) atoms. The maximum atomic E-state index is 12.9. The molecule has 0 heterocycles. The molecule has 0 aliphatic carbocycles. The Kier molecular flexibility index (Phi) is 2.95. The van der Waals surface area contributed by atoms with E-state index < -0.39 is 29.7 Å². The third-order valence-electron chi connectivity index (χ3n) is 1.82. The summed E-state index contributed by atoms with van der Waals surface area (Å²) in [5.74, 6) is -1.49. The van der Waals surface area contributed by atoms with Gasteiger partial charge in [-0.3, -0.25) is 0 Å². The molecule has 0 atom stereocenters. The Bertz CT molecular complexity index is 419. The van der Waals surface area contributed by atoms with E-state index in [2.05, 4.69) is 0 Å². The molecule has 0 saturated heterocycles. The highest BCUT2D eigenvalue weighted by atomic mass is 19.4. The number of hydrogen-bond donors (Lipinski definition) is 1. The molecule has 0 bridgehead atoms. The lowest BCUT2D eigenvalue weighted by atomic mass is 10.0. The van der Waals surface area contributed by atoms with Crippen molar-refractivity contribution < 1.29 is 22.7 Å². The van der Waals surface area contributed by atoms with Crippen LogP contribution in [-0.4, -0.2) is 5.11 Å². The topological polar surface area (TPSA) is 44.0 Å². The number of rotatable bonds is 1. The molecule has 0 radical (unpaired) electrons. The van der Waals surface area contributed by atoms with Crippen molar-refractivity contribution in [3.63, 3.8) is 0 Å². The Hall–Kier alpha value is -1.61. The smallest absolute Gasteiger partial charge is 0.392 e. The van der Waals surface area contributed by atoms with Crippen LogP contribution in [0, 0.1) is 17.1 Å². The van der Waals surface area contributed by atoms with Gasteiger partial charge < -0.3 is 5.11 Å². The Morgan fingerprint density at radius 2 is 1.93 bits per heavy atom. The first-order valence-corrected chi connectivity index (χ1v) is 3.81. The van der Waals surface area contributed by atoms with Gasteiger partial charge in [-0.25, -0.2) is 4.39 Å². The van der Waals surface area contributed by atoms with Crippen molar-refractivity contribution in [2.45, 2.75) is 12.8 Å². The van der Waals surface area contributed by atoms with Gasteiger partial charge in [-0.1, -0.05) is 0 Å². The monoisotopic (exact) mass is 219 g/mol. The molecule has 2 nitrogen and oxygen atoms in total. The molecule has 0 aliphatic heterocycles. The molecule has 0 spiro atoms. The molecule has 0 amide bonds. The number of aliphatic hydroxyl groups excluding tert-OH is 1. The predicted molar refractivity (Wildman–Crippen MR) is 42.0 cm³/mol. The van der Waals surface area contributed by atoms with Gasteiger partial charge in [-0.2, -0.15) is 18.4 Å². The molecule has 1 rings (SSSR count). The standard InChI is InChI=1S/C9H5F4NO/c10-7-2-1-5(3-14)6(4-15)8(7)9(11,12)13/h1-2,15H,4H2. The van der Waals surface area contributed by atoms with Gasteiger partial charge in [0.05, 0.1) is 23.8 Å². The molecule has 6 heteroatoms. The second kappa shape index (κ2) is 3.87. The van der Waals surface area contributed by atoms with Crippen LogP contribution < -0.4 is 0 Å². The summed E-state index contributed by atoms with van der Waals surface area (Å²) in [4.78, 5) is 0. The van der Waals surface area contributed by atoms with E-state index in [-0.39, 0.29) is 5.56 Å². The zero-order valence-electron chi connectivity index (χ0n) is 7.27. The van der Waals surface area contributed by atoms with Crippen LogP contribution in [0.15, 0.2) is 12.1 Å². The Morgan fingerprint density at radius 3 is 2.33 bits per heavy atom. The zero-order chi connectivity index (χ0) is 11.6. The van der Waals surface area contributed by atoms with Crippen LogP contribution in [0.2, 0.25) is 0 Å². The maximum Gasteiger partial charge on any atom is 0.419 e. The lowest BCUT2D eigenvalue weighted by Gasteiger charge is -2.13. The summed E-state index contributed by atoms with van der Waals surface area (Å²) in [6.07, 6.45) is -4.92. The third-order valence-corrected chi connectivity index (χ3v) is 1.82. The van der Waals surface area contributed by atoms with Gasteiger partial charge in [0, 0.05) is 5.56 Å². The number of alkyl halides is 3. The third kappa shape index (κ3) is 2.07. The van der Waals surface area contributed by atoms with Gasteiger partial charge in [0.15, 0.2) is 0 Å². The molecule has 80 valence electrons. The highest BCUT2D eigenvalue weighted by Crippen LogP contribution is 2.35. The minimum atomic E-state index is -4.92. The van der Waals surface area contributed by atoms with E-state index in [0.717, 1.165) is 6.07 Å². The Morgan fingerprint density at radius 1 is 1.33 bits per heavy atom. The van der Waals surface area contributed by atoms with Crippen LogP contribution >= 0.6 is 0 Å². The molecule has 1 N–H and O–H groups in total. The van der Waals surface area contributed by atoms with Gasteiger partial charge in [-0.05, 0) is 12.1 Å². The van der Waals surface area contributed by atoms with Crippen molar-refractivity contribution in [2.24, 2.45) is 0 Å². The molecule has 1 aromatic carbocycles. The summed E-state index contributed by atoms with van der Waals surface area (Å²) in [6, 6.07) is 2.91. The van der Waals surface area contributed by atoms with E-state index in [1.165, 1.54) is 6.07 Å². The zero-order valence-corrected chi connectivity index (χ0v) is 7.27. The van der Waals surface area contributed by atoms with Gasteiger partial charge in [0.25, 0.3) is 0 Å². The van der Waals surface area contributed by atoms with Crippen LogP contribution in [0.5, 0.6) is 0 Å². The highest BCUT2D eigenvalue weighted by Gasteiger charge is 2.37. The number of hydrogen-bond acceptors (Lipinski definition) is 2. The minimum Gasteiger partial charge on any atom is -0.392 e. The molecule has 0 aliphatic rings. The molecule has 0 unspecified atom stereocenters. The van der Waals surface area contributed by atoms with E-state index in [4.69, 9.17) is 10.4 Å². The summed E-state index contributed by atoms with van der Waals surface area (Å²) in [7, 11) is 0. The molecule has 1 aromatic rings. The largest absolute Gasteiger partial charge is 0.419 e. The second-order valence-electron chi connectivity index (χ2n) is 2.72. The van der Waals surface area contributed by atoms with E-state index in [1.54, 1.807) is 0 Å². The minimum absolute atomic E-state index is 0.383. The fourth-order valence-corrected chi connectivity index (χ4v) is 1.19. The van der Waals surface area contributed by atoms with Gasteiger partial charge in [-0.15, -0.1) is 0 Å². The molecule has 0 aromatic heterocycles. The lowest BCUT2D eigenvalue weighted by Crippen LogP contribution is -2.13. The predicted octanol–water partition coefficient (Wildman–Crippen LogP) is 2.21. The maximum absolute atomic E-state index is 12.9. The molecule has 0 fully saturated rings. The van der Waals surface area contributed by atoms with Crippen molar-refractivity contribution in [3.8, 4) is 6.07 Å². The van der Waals surface area contributed by atoms with Crippen molar-refractivity contribution in [1.82, 2.24) is 0 Å². The number of nitrogens with zero attached hydrogens (tertiary/aromatic N) is 1. The van der Waals surface area contributed by atoms with Gasteiger partial charge in [0.1, 0.15) is 5.82 Å². The number of aliphatic hydroxyl groups is 1. The molecular formula is C9H5F4NO. The van der Waals surface area contributed by atoms with Crippen LogP contribution in [0.25, 0.3) is 0 Å². The van der Waals surface area contributed by atoms with Crippen molar-refractivity contribution in [1.29, 1.82) is 5.26 Å². The Labute approximate surface area is 82.4 Å². The number of nitriles is 1. The summed E-state index contributed by atoms with van der Waals surface area (Å²) in [5, 5.41) is 17.2. The number of benzene rings is 1. The highest BCUT2D eigenvalue weighted by molar-refractivity contribution is 5.44. The van der Waals surface area contributed by atoms with Crippen LogP contribution in [-0.2, 0) is 12.8 Å². The van der Waals surface area contributed by atoms with Gasteiger partial charge >= 0.3 is 6.18 Å². The first-order valence-electron chi connectivity index (χ1n) is 3.81. The number of halogens is 4. The van der Waals surface area contributed by atoms with Gasteiger partial charge in [0.2, 0.25) is 0 Å². The van der Waals surface area contributed by atoms with E-state index in [9.17, 15) is 17.6 Å². The molecule has 0 saturated carbocycles. The van der Waals surface area contributed by atoms with Crippen molar-refractivity contribution in [3.05, 3.63) is 34.6 Å². The normalized spacial score (nSPS) is 11.2. The fourth-order valence-electron chi connectivity index (χ4n) is 1.19. The average molecular weight is 219 g/mol. The summed E-state index contributed by atoms with van der Waals surface area (Å²) >= 11 is 0. The van der Waals surface area contributed by atoms with Crippen LogP contribution in [0.1, 0.15) is 16.7 Å². The SMILES string of the molecule is N#Cc1ccc(F)c(C(F)(F)F)c1CO. The summed E-state index contributed by atoms with van der Waals surface area (Å²) < 4.78 is 50.0. The first-order chi connectivity index (χ1) is 6.91. The first kappa shape index (κ1) is 11.5. The average Bonchev–Trinajstić information content (AvgIpc) is 2.15. The van der Waals surface area contributed by atoms with Crippen molar-refractivity contribution >= 4 is 0 Å². The molecular weight excluding hydrogens is 214 g/mol. The van der Waals surface area contributed by atoms with E-state index >= 15 is 0 Å². The Balaban J connectivity index is 3.55.